The number of piperazine rings is 1. The molecular weight excluding hydrogens is 258 g/mol. The van der Waals surface area contributed by atoms with Crippen molar-refractivity contribution in [3.8, 4) is 0 Å². The Hall–Kier alpha value is -0.770. The van der Waals surface area contributed by atoms with Crippen LogP contribution in [0.3, 0.4) is 0 Å². The largest absolute Gasteiger partial charge is 0.369 e. The van der Waals surface area contributed by atoms with Crippen molar-refractivity contribution in [2.24, 2.45) is 5.73 Å². The summed E-state index contributed by atoms with van der Waals surface area (Å²) in [6.07, 6.45) is 0. The van der Waals surface area contributed by atoms with Gasteiger partial charge < -0.3 is 10.6 Å². The molecule has 4 heteroatoms. The van der Waals surface area contributed by atoms with E-state index in [9.17, 15) is 0 Å². The molecule has 0 saturated carbocycles. The third-order valence-electron chi connectivity index (χ3n) is 3.37. The second kappa shape index (κ2) is 6.60. The lowest BCUT2D eigenvalue weighted by Crippen LogP contribution is -2.53. The van der Waals surface area contributed by atoms with E-state index in [0.717, 1.165) is 32.7 Å². The van der Waals surface area contributed by atoms with E-state index < -0.39 is 0 Å². The van der Waals surface area contributed by atoms with Gasteiger partial charge in [0.25, 0.3) is 0 Å². The molecular formula is C15H26ClN3. The number of aryl methyl sites for hydroxylation is 1. The highest BCUT2D eigenvalue weighted by atomic mass is 35.5. The Kier molecular flexibility index (Phi) is 5.65. The Morgan fingerprint density at radius 3 is 2.32 bits per heavy atom. The molecule has 1 aliphatic heterocycles. The summed E-state index contributed by atoms with van der Waals surface area (Å²) in [4.78, 5) is 4.93. The van der Waals surface area contributed by atoms with E-state index in [-0.39, 0.29) is 17.9 Å². The smallest absolute Gasteiger partial charge is 0.0369 e. The van der Waals surface area contributed by atoms with Crippen molar-refractivity contribution in [2.75, 3.05) is 37.6 Å². The second-order valence-electron chi connectivity index (χ2n) is 6.09. The fraction of sp³-hybridized carbons (Fsp3) is 0.600. The SMILES string of the molecule is Cc1cccc(N2CCN(CC(C)(C)N)CC2)c1.Cl. The molecule has 3 nitrogen and oxygen atoms in total. The number of hydrogen-bond acceptors (Lipinski definition) is 3. The molecule has 0 spiro atoms. The third kappa shape index (κ3) is 5.01. The maximum atomic E-state index is 6.08. The van der Waals surface area contributed by atoms with Crippen molar-refractivity contribution in [1.29, 1.82) is 0 Å². The molecule has 1 saturated heterocycles. The fourth-order valence-corrected chi connectivity index (χ4v) is 2.57. The summed E-state index contributed by atoms with van der Waals surface area (Å²) in [5.41, 5.74) is 8.67. The molecule has 2 rings (SSSR count). The first kappa shape index (κ1) is 16.3. The van der Waals surface area contributed by atoms with Crippen molar-refractivity contribution >= 4 is 18.1 Å². The fourth-order valence-electron chi connectivity index (χ4n) is 2.57. The summed E-state index contributed by atoms with van der Waals surface area (Å²) >= 11 is 0. The normalized spacial score (nSPS) is 17.2. The molecule has 1 aliphatic rings. The molecule has 1 heterocycles. The van der Waals surface area contributed by atoms with Crippen LogP contribution in [0.4, 0.5) is 5.69 Å². The molecule has 19 heavy (non-hydrogen) atoms. The predicted molar refractivity (Wildman–Crippen MR) is 85.3 cm³/mol. The number of nitrogens with two attached hydrogens (primary N) is 1. The van der Waals surface area contributed by atoms with Crippen LogP contribution in [0.5, 0.6) is 0 Å². The van der Waals surface area contributed by atoms with Crippen LogP contribution in [-0.4, -0.2) is 43.2 Å². The number of halogens is 1. The highest BCUT2D eigenvalue weighted by Crippen LogP contribution is 2.18. The van der Waals surface area contributed by atoms with Crippen molar-refractivity contribution in [3.05, 3.63) is 29.8 Å². The van der Waals surface area contributed by atoms with Crippen LogP contribution >= 0.6 is 12.4 Å². The number of hydrogen-bond donors (Lipinski definition) is 1. The summed E-state index contributed by atoms with van der Waals surface area (Å²) in [6.45, 7) is 11.7. The number of benzene rings is 1. The second-order valence-corrected chi connectivity index (χ2v) is 6.09. The molecule has 108 valence electrons. The first-order valence-electron chi connectivity index (χ1n) is 6.77. The number of nitrogens with zero attached hydrogens (tertiary/aromatic N) is 2. The Balaban J connectivity index is 0.00000180. The predicted octanol–water partition coefficient (Wildman–Crippen LogP) is 2.28. The number of anilines is 1. The van der Waals surface area contributed by atoms with Crippen molar-refractivity contribution < 1.29 is 0 Å². The van der Waals surface area contributed by atoms with Crippen LogP contribution in [0.2, 0.25) is 0 Å². The van der Waals surface area contributed by atoms with Gasteiger partial charge in [-0.2, -0.15) is 0 Å². The van der Waals surface area contributed by atoms with Crippen molar-refractivity contribution in [1.82, 2.24) is 4.90 Å². The van der Waals surface area contributed by atoms with Gasteiger partial charge in [-0.3, -0.25) is 4.90 Å². The quantitative estimate of drug-likeness (QED) is 0.924. The monoisotopic (exact) mass is 283 g/mol. The minimum Gasteiger partial charge on any atom is -0.369 e. The van der Waals surface area contributed by atoms with Gasteiger partial charge in [0.15, 0.2) is 0 Å². The van der Waals surface area contributed by atoms with E-state index in [4.69, 9.17) is 5.73 Å². The van der Waals surface area contributed by atoms with E-state index in [1.807, 2.05) is 0 Å². The van der Waals surface area contributed by atoms with E-state index in [1.54, 1.807) is 0 Å². The van der Waals surface area contributed by atoms with Gasteiger partial charge >= 0.3 is 0 Å². The van der Waals surface area contributed by atoms with Crippen molar-refractivity contribution in [3.63, 3.8) is 0 Å². The molecule has 0 amide bonds. The van der Waals surface area contributed by atoms with Gasteiger partial charge in [0.2, 0.25) is 0 Å². The van der Waals surface area contributed by atoms with E-state index >= 15 is 0 Å². The first-order valence-corrected chi connectivity index (χ1v) is 6.77. The summed E-state index contributed by atoms with van der Waals surface area (Å²) in [7, 11) is 0. The Morgan fingerprint density at radius 2 is 1.79 bits per heavy atom. The lowest BCUT2D eigenvalue weighted by molar-refractivity contribution is 0.214. The maximum absolute atomic E-state index is 6.08. The van der Waals surface area contributed by atoms with E-state index in [1.165, 1.54) is 11.3 Å². The average molecular weight is 284 g/mol. The lowest BCUT2D eigenvalue weighted by Gasteiger charge is -2.38. The molecule has 0 unspecified atom stereocenters. The van der Waals surface area contributed by atoms with E-state index in [2.05, 4.69) is 54.8 Å². The molecule has 1 fully saturated rings. The minimum atomic E-state index is -0.0918. The van der Waals surface area contributed by atoms with Crippen LogP contribution in [0.15, 0.2) is 24.3 Å². The highest BCUT2D eigenvalue weighted by Gasteiger charge is 2.21. The van der Waals surface area contributed by atoms with Gasteiger partial charge in [-0.1, -0.05) is 12.1 Å². The molecule has 0 aliphatic carbocycles. The summed E-state index contributed by atoms with van der Waals surface area (Å²) in [5, 5.41) is 0. The molecule has 0 atom stereocenters. The van der Waals surface area contributed by atoms with Crippen LogP contribution < -0.4 is 10.6 Å². The molecule has 2 N–H and O–H groups in total. The lowest BCUT2D eigenvalue weighted by atomic mass is 10.1. The molecule has 0 radical (unpaired) electrons. The maximum Gasteiger partial charge on any atom is 0.0369 e. The zero-order valence-electron chi connectivity index (χ0n) is 12.2. The number of rotatable bonds is 3. The van der Waals surface area contributed by atoms with Crippen LogP contribution in [-0.2, 0) is 0 Å². The van der Waals surface area contributed by atoms with Gasteiger partial charge in [0.1, 0.15) is 0 Å². The molecule has 0 bridgehead atoms. The van der Waals surface area contributed by atoms with Gasteiger partial charge in [-0.05, 0) is 38.5 Å². The van der Waals surface area contributed by atoms with Crippen LogP contribution in [0, 0.1) is 6.92 Å². The van der Waals surface area contributed by atoms with Gasteiger partial charge in [-0.15, -0.1) is 12.4 Å². The van der Waals surface area contributed by atoms with Crippen molar-refractivity contribution in [2.45, 2.75) is 26.3 Å². The summed E-state index contributed by atoms with van der Waals surface area (Å²) in [5.74, 6) is 0. The molecule has 0 aromatic heterocycles. The first-order chi connectivity index (χ1) is 8.44. The zero-order chi connectivity index (χ0) is 13.2. The topological polar surface area (TPSA) is 32.5 Å². The van der Waals surface area contributed by atoms with Crippen LogP contribution in [0.25, 0.3) is 0 Å². The zero-order valence-corrected chi connectivity index (χ0v) is 13.0. The third-order valence-corrected chi connectivity index (χ3v) is 3.37. The van der Waals surface area contributed by atoms with Gasteiger partial charge in [0, 0.05) is 44.0 Å². The Labute approximate surface area is 123 Å². The Bertz CT molecular complexity index is 393. The summed E-state index contributed by atoms with van der Waals surface area (Å²) < 4.78 is 0. The standard InChI is InChI=1S/C15H25N3.ClH/c1-13-5-4-6-14(11-13)18-9-7-17(8-10-18)12-15(2,3)16;/h4-6,11H,7-10,12,16H2,1-3H3;1H. The van der Waals surface area contributed by atoms with E-state index in [0.29, 0.717) is 0 Å². The highest BCUT2D eigenvalue weighted by molar-refractivity contribution is 5.85. The van der Waals surface area contributed by atoms with Gasteiger partial charge in [0.05, 0.1) is 0 Å². The van der Waals surface area contributed by atoms with Crippen LogP contribution in [0.1, 0.15) is 19.4 Å². The Morgan fingerprint density at radius 1 is 1.16 bits per heavy atom. The molecule has 1 aromatic carbocycles. The van der Waals surface area contributed by atoms with Gasteiger partial charge in [-0.25, -0.2) is 0 Å². The summed E-state index contributed by atoms with van der Waals surface area (Å²) in [6, 6.07) is 8.76. The average Bonchev–Trinajstić information content (AvgIpc) is 2.28. The minimum absolute atomic E-state index is 0. The molecule has 1 aromatic rings.